The highest BCUT2D eigenvalue weighted by molar-refractivity contribution is 7.14. The predicted molar refractivity (Wildman–Crippen MR) is 87.6 cm³/mol. The first kappa shape index (κ1) is 14.6. The van der Waals surface area contributed by atoms with Gasteiger partial charge in [-0.3, -0.25) is 4.79 Å². The van der Waals surface area contributed by atoms with Crippen LogP contribution in [0, 0.1) is 6.92 Å². The second-order valence-corrected chi connectivity index (χ2v) is 6.35. The number of carbonyl (C=O) groups is 1. The van der Waals surface area contributed by atoms with Crippen LogP contribution >= 0.6 is 11.3 Å². The van der Waals surface area contributed by atoms with Crippen LogP contribution in [0.25, 0.3) is 11.0 Å². The van der Waals surface area contributed by atoms with E-state index in [0.29, 0.717) is 10.6 Å². The van der Waals surface area contributed by atoms with Crippen LogP contribution in [-0.4, -0.2) is 23.0 Å². The van der Waals surface area contributed by atoms with E-state index < -0.39 is 0 Å². The zero-order valence-electron chi connectivity index (χ0n) is 12.6. The molecule has 5 nitrogen and oxygen atoms in total. The third-order valence-corrected chi connectivity index (χ3v) is 4.44. The summed E-state index contributed by atoms with van der Waals surface area (Å²) >= 11 is 1.42. The summed E-state index contributed by atoms with van der Waals surface area (Å²) in [6.45, 7) is 3.86. The van der Waals surface area contributed by atoms with Crippen LogP contribution in [-0.2, 0) is 0 Å². The molecule has 0 fully saturated rings. The average Bonchev–Trinajstić information content (AvgIpc) is 3.10. The van der Waals surface area contributed by atoms with Crippen LogP contribution in [0.15, 0.2) is 30.3 Å². The Morgan fingerprint density at radius 2 is 2.18 bits per heavy atom. The minimum atomic E-state index is -0.216. The van der Waals surface area contributed by atoms with E-state index >= 15 is 0 Å². The lowest BCUT2D eigenvalue weighted by molar-refractivity contribution is 0.0940. The van der Waals surface area contributed by atoms with Gasteiger partial charge in [0.15, 0.2) is 0 Å². The molecule has 3 rings (SSSR count). The minimum absolute atomic E-state index is 0.150. The van der Waals surface area contributed by atoms with E-state index in [9.17, 15) is 4.79 Å². The number of fused-ring (bicyclic) bond motifs is 1. The highest BCUT2D eigenvalue weighted by Gasteiger charge is 2.19. The number of aromatic amines is 1. The highest BCUT2D eigenvalue weighted by atomic mass is 32.1. The Morgan fingerprint density at radius 1 is 1.41 bits per heavy atom. The summed E-state index contributed by atoms with van der Waals surface area (Å²) < 4.78 is 5.25. The van der Waals surface area contributed by atoms with Crippen LogP contribution in [0.2, 0.25) is 0 Å². The Labute approximate surface area is 132 Å². The van der Waals surface area contributed by atoms with Gasteiger partial charge < -0.3 is 15.0 Å². The predicted octanol–water partition coefficient (Wildman–Crippen LogP) is 3.43. The standard InChI is InChI=1S/C16H17N3O2S/c1-9-8-13(21-3)14(22-9)16(20)17-10(2)15-18-11-6-4-5-7-12(11)19-15/h4-8,10H,1-3H3,(H,17,20)(H,18,19). The van der Waals surface area contributed by atoms with Gasteiger partial charge >= 0.3 is 0 Å². The van der Waals surface area contributed by atoms with Crippen LogP contribution in [0.4, 0.5) is 0 Å². The van der Waals surface area contributed by atoms with Gasteiger partial charge in [-0.15, -0.1) is 11.3 Å². The maximum atomic E-state index is 12.4. The lowest BCUT2D eigenvalue weighted by Gasteiger charge is -2.11. The Balaban J connectivity index is 1.80. The number of hydrogen-bond acceptors (Lipinski definition) is 4. The quantitative estimate of drug-likeness (QED) is 0.775. The molecule has 0 spiro atoms. The smallest absolute Gasteiger partial charge is 0.265 e. The Bertz CT molecular complexity index is 789. The lowest BCUT2D eigenvalue weighted by Crippen LogP contribution is -2.27. The molecule has 0 saturated heterocycles. The molecular formula is C16H17N3O2S. The normalized spacial score (nSPS) is 12.3. The third kappa shape index (κ3) is 2.69. The van der Waals surface area contributed by atoms with Crippen molar-refractivity contribution in [2.75, 3.05) is 7.11 Å². The molecule has 0 aliphatic rings. The van der Waals surface area contributed by atoms with Gasteiger partial charge in [-0.05, 0) is 32.0 Å². The van der Waals surface area contributed by atoms with Gasteiger partial charge in [-0.2, -0.15) is 0 Å². The van der Waals surface area contributed by atoms with Crippen molar-refractivity contribution >= 4 is 28.3 Å². The summed E-state index contributed by atoms with van der Waals surface area (Å²) in [4.78, 5) is 21.8. The van der Waals surface area contributed by atoms with Crippen LogP contribution < -0.4 is 10.1 Å². The molecule has 2 aromatic heterocycles. The number of carbonyl (C=O) groups excluding carboxylic acids is 1. The van der Waals surface area contributed by atoms with Crippen molar-refractivity contribution in [2.24, 2.45) is 0 Å². The van der Waals surface area contributed by atoms with E-state index in [4.69, 9.17) is 4.74 Å². The minimum Gasteiger partial charge on any atom is -0.495 e. The number of thiophene rings is 1. The zero-order chi connectivity index (χ0) is 15.7. The van der Waals surface area contributed by atoms with Gasteiger partial charge in [0.25, 0.3) is 5.91 Å². The van der Waals surface area contributed by atoms with E-state index in [-0.39, 0.29) is 11.9 Å². The molecule has 1 unspecified atom stereocenters. The maximum Gasteiger partial charge on any atom is 0.265 e. The second-order valence-electron chi connectivity index (χ2n) is 5.09. The van der Waals surface area contributed by atoms with E-state index in [1.807, 2.05) is 44.2 Å². The van der Waals surface area contributed by atoms with Crippen molar-refractivity contribution in [3.8, 4) is 5.75 Å². The molecule has 0 bridgehead atoms. The van der Waals surface area contributed by atoms with Crippen molar-refractivity contribution in [2.45, 2.75) is 19.9 Å². The fraction of sp³-hybridized carbons (Fsp3) is 0.250. The van der Waals surface area contributed by atoms with E-state index in [1.165, 1.54) is 11.3 Å². The third-order valence-electron chi connectivity index (χ3n) is 3.41. The molecule has 0 aliphatic heterocycles. The van der Waals surface area contributed by atoms with Crippen molar-refractivity contribution in [1.82, 2.24) is 15.3 Å². The van der Waals surface area contributed by atoms with Gasteiger partial charge in [-0.25, -0.2) is 4.98 Å². The number of H-pyrrole nitrogens is 1. The van der Waals surface area contributed by atoms with E-state index in [1.54, 1.807) is 7.11 Å². The molecular weight excluding hydrogens is 298 g/mol. The molecule has 1 atom stereocenters. The summed E-state index contributed by atoms with van der Waals surface area (Å²) in [5.41, 5.74) is 1.85. The first-order chi connectivity index (χ1) is 10.6. The molecule has 2 N–H and O–H groups in total. The van der Waals surface area contributed by atoms with Crippen molar-refractivity contribution in [1.29, 1.82) is 0 Å². The van der Waals surface area contributed by atoms with Crippen molar-refractivity contribution < 1.29 is 9.53 Å². The molecule has 1 aromatic carbocycles. The van der Waals surface area contributed by atoms with Crippen LogP contribution in [0.5, 0.6) is 5.75 Å². The first-order valence-electron chi connectivity index (χ1n) is 6.98. The maximum absolute atomic E-state index is 12.4. The molecule has 1 amide bonds. The number of ether oxygens (including phenoxy) is 1. The van der Waals surface area contributed by atoms with E-state index in [2.05, 4.69) is 15.3 Å². The Hall–Kier alpha value is -2.34. The summed E-state index contributed by atoms with van der Waals surface area (Å²) in [5, 5.41) is 2.96. The van der Waals surface area contributed by atoms with Gasteiger partial charge in [0.2, 0.25) is 0 Å². The van der Waals surface area contributed by atoms with Crippen LogP contribution in [0.1, 0.15) is 33.3 Å². The summed E-state index contributed by atoms with van der Waals surface area (Å²) in [7, 11) is 1.57. The van der Waals surface area contributed by atoms with E-state index in [0.717, 1.165) is 21.7 Å². The number of benzene rings is 1. The van der Waals surface area contributed by atoms with Gasteiger partial charge in [0.1, 0.15) is 16.5 Å². The number of imidazole rings is 1. The van der Waals surface area contributed by atoms with Crippen LogP contribution in [0.3, 0.4) is 0 Å². The molecule has 0 radical (unpaired) electrons. The summed E-state index contributed by atoms with van der Waals surface area (Å²) in [6.07, 6.45) is 0. The molecule has 22 heavy (non-hydrogen) atoms. The number of nitrogens with zero attached hydrogens (tertiary/aromatic N) is 1. The largest absolute Gasteiger partial charge is 0.495 e. The average molecular weight is 315 g/mol. The summed E-state index contributed by atoms with van der Waals surface area (Å²) in [5.74, 6) is 1.20. The lowest BCUT2D eigenvalue weighted by atomic mass is 10.3. The summed E-state index contributed by atoms with van der Waals surface area (Å²) in [6, 6.07) is 9.45. The van der Waals surface area contributed by atoms with Gasteiger partial charge in [0.05, 0.1) is 24.2 Å². The number of methoxy groups -OCH3 is 1. The van der Waals surface area contributed by atoms with Crippen molar-refractivity contribution in [3.05, 3.63) is 45.9 Å². The molecule has 6 heteroatoms. The number of aromatic nitrogens is 2. The first-order valence-corrected chi connectivity index (χ1v) is 7.80. The Morgan fingerprint density at radius 3 is 2.91 bits per heavy atom. The number of rotatable bonds is 4. The van der Waals surface area contributed by atoms with Gasteiger partial charge in [-0.1, -0.05) is 12.1 Å². The number of nitrogens with one attached hydrogen (secondary N) is 2. The zero-order valence-corrected chi connectivity index (χ0v) is 13.5. The fourth-order valence-corrected chi connectivity index (χ4v) is 3.19. The highest BCUT2D eigenvalue weighted by Crippen LogP contribution is 2.29. The number of para-hydroxylation sites is 2. The number of amides is 1. The Kier molecular flexibility index (Phi) is 3.85. The molecule has 0 saturated carbocycles. The number of hydrogen-bond donors (Lipinski definition) is 2. The molecule has 114 valence electrons. The molecule has 3 aromatic rings. The second kappa shape index (κ2) is 5.81. The molecule has 0 aliphatic carbocycles. The SMILES string of the molecule is COc1cc(C)sc1C(=O)NC(C)c1nc2ccccc2[nH]1. The molecule has 2 heterocycles. The topological polar surface area (TPSA) is 67.0 Å². The fourth-order valence-electron chi connectivity index (χ4n) is 2.31. The number of aryl methyl sites for hydroxylation is 1. The van der Waals surface area contributed by atoms with Gasteiger partial charge in [0, 0.05) is 4.88 Å². The van der Waals surface area contributed by atoms with Crippen molar-refractivity contribution in [3.63, 3.8) is 0 Å². The monoisotopic (exact) mass is 315 g/mol.